The first-order valence-electron chi connectivity index (χ1n) is 13.3. The highest BCUT2D eigenvalue weighted by atomic mass is 16.2. The third-order valence-corrected chi connectivity index (χ3v) is 6.76. The van der Waals surface area contributed by atoms with Crippen LogP contribution in [0.1, 0.15) is 46.0 Å². The maximum atomic E-state index is 14.2. The van der Waals surface area contributed by atoms with E-state index in [1.165, 1.54) is 15.4 Å². The van der Waals surface area contributed by atoms with E-state index in [1.807, 2.05) is 18.2 Å². The van der Waals surface area contributed by atoms with E-state index >= 15 is 0 Å². The van der Waals surface area contributed by atoms with Crippen molar-refractivity contribution in [3.05, 3.63) is 118 Å². The Morgan fingerprint density at radius 3 is 2.67 bits per heavy atom. The van der Waals surface area contributed by atoms with Gasteiger partial charge >= 0.3 is 0 Å². The number of aryl methyl sites for hydroxylation is 1. The average Bonchev–Trinajstić information content (AvgIpc) is 3.58. The van der Waals surface area contributed by atoms with Crippen molar-refractivity contribution in [1.29, 1.82) is 0 Å². The Morgan fingerprint density at radius 1 is 1.07 bits per heavy atom. The van der Waals surface area contributed by atoms with E-state index in [1.54, 1.807) is 73.4 Å². The second-order valence-corrected chi connectivity index (χ2v) is 9.83. The van der Waals surface area contributed by atoms with Gasteiger partial charge in [0.2, 0.25) is 5.91 Å². The first kappa shape index (κ1) is 27.1. The molecule has 12 heteroatoms. The number of rotatable bonds is 6. The van der Waals surface area contributed by atoms with Gasteiger partial charge in [-0.3, -0.25) is 23.6 Å². The summed E-state index contributed by atoms with van der Waals surface area (Å²) in [5, 5.41) is 11.8. The number of nitrogens with one attached hydrogen (secondary N) is 1. The zero-order valence-electron chi connectivity index (χ0n) is 23.2. The maximum absolute atomic E-state index is 14.2. The van der Waals surface area contributed by atoms with E-state index in [0.717, 1.165) is 0 Å². The molecule has 212 valence electrons. The van der Waals surface area contributed by atoms with E-state index in [9.17, 15) is 14.4 Å². The Morgan fingerprint density at radius 2 is 1.88 bits per heavy atom. The van der Waals surface area contributed by atoms with Gasteiger partial charge in [0.15, 0.2) is 5.65 Å². The average molecular weight is 572 g/mol. The molecule has 3 N–H and O–H groups in total. The van der Waals surface area contributed by atoms with Crippen LogP contribution in [0.3, 0.4) is 0 Å². The fourth-order valence-electron chi connectivity index (χ4n) is 4.88. The van der Waals surface area contributed by atoms with Crippen LogP contribution in [0.5, 0.6) is 0 Å². The van der Waals surface area contributed by atoms with E-state index in [4.69, 9.17) is 10.7 Å². The molecule has 12 nitrogen and oxygen atoms in total. The molecule has 0 aliphatic heterocycles. The second kappa shape index (κ2) is 11.1. The molecule has 0 fully saturated rings. The maximum Gasteiger partial charge on any atom is 0.267 e. The summed E-state index contributed by atoms with van der Waals surface area (Å²) in [5.74, 6) is 5.50. The fraction of sp³-hybridized carbons (Fsp3) is 0.129. The number of hydrogen-bond donors (Lipinski definition) is 2. The summed E-state index contributed by atoms with van der Waals surface area (Å²) in [6, 6.07) is 15.4. The molecule has 0 aliphatic rings. The number of hydrogen-bond acceptors (Lipinski definition) is 7. The van der Waals surface area contributed by atoms with Gasteiger partial charge in [-0.05, 0) is 44.2 Å². The molecule has 0 radical (unpaired) electrons. The van der Waals surface area contributed by atoms with Crippen molar-refractivity contribution in [3.63, 3.8) is 0 Å². The molecule has 43 heavy (non-hydrogen) atoms. The van der Waals surface area contributed by atoms with Gasteiger partial charge in [-0.15, -0.1) is 0 Å². The highest BCUT2D eigenvalue weighted by molar-refractivity contribution is 6.01. The summed E-state index contributed by atoms with van der Waals surface area (Å²) in [6.07, 6.45) is 6.45. The van der Waals surface area contributed by atoms with E-state index in [-0.39, 0.29) is 18.0 Å². The molecule has 4 aromatic heterocycles. The minimum Gasteiger partial charge on any atom is -0.368 e. The van der Waals surface area contributed by atoms with Gasteiger partial charge in [0.05, 0.1) is 40.1 Å². The van der Waals surface area contributed by atoms with Crippen molar-refractivity contribution in [3.8, 4) is 17.5 Å². The van der Waals surface area contributed by atoms with E-state index in [0.29, 0.717) is 50.4 Å². The molecule has 0 spiro atoms. The van der Waals surface area contributed by atoms with Gasteiger partial charge in [0.1, 0.15) is 17.9 Å². The summed E-state index contributed by atoms with van der Waals surface area (Å²) >= 11 is 0. The predicted molar refractivity (Wildman–Crippen MR) is 158 cm³/mol. The lowest BCUT2D eigenvalue weighted by Crippen LogP contribution is -2.33. The number of benzene rings is 2. The van der Waals surface area contributed by atoms with Crippen molar-refractivity contribution in [1.82, 2.24) is 39.2 Å². The van der Waals surface area contributed by atoms with Crippen molar-refractivity contribution in [2.45, 2.75) is 26.4 Å². The Labute approximate surface area is 244 Å². The van der Waals surface area contributed by atoms with Crippen molar-refractivity contribution in [2.24, 2.45) is 5.73 Å². The molecule has 0 bridgehead atoms. The minimum absolute atomic E-state index is 0.0629. The quantitative estimate of drug-likeness (QED) is 0.291. The Kier molecular flexibility index (Phi) is 6.97. The smallest absolute Gasteiger partial charge is 0.267 e. The monoisotopic (exact) mass is 571 g/mol. The van der Waals surface area contributed by atoms with Crippen LogP contribution in [0.15, 0.2) is 84.2 Å². The number of carbonyl (C=O) groups excluding carboxylic acids is 2. The molecule has 2 aromatic carbocycles. The molecular formula is C31H25N9O3. The van der Waals surface area contributed by atoms with Crippen LogP contribution in [0, 0.1) is 18.8 Å². The third-order valence-electron chi connectivity index (χ3n) is 6.76. The zero-order valence-corrected chi connectivity index (χ0v) is 23.2. The number of fused-ring (bicyclic) bond motifs is 2. The SMILES string of the molecule is Cc1nn2cccnc2c1C(=O)N[C@@H](C)c1nc2cccc(C#Cc3cnn(CC(N)=O)c3)c2c(=O)n1-c1ccccc1. The second-order valence-electron chi connectivity index (χ2n) is 9.83. The molecule has 4 heterocycles. The largest absolute Gasteiger partial charge is 0.368 e. The minimum atomic E-state index is -0.672. The van der Waals surface area contributed by atoms with Gasteiger partial charge < -0.3 is 11.1 Å². The van der Waals surface area contributed by atoms with Crippen LogP contribution in [-0.4, -0.2) is 45.7 Å². The molecule has 0 aliphatic carbocycles. The van der Waals surface area contributed by atoms with Gasteiger partial charge in [0, 0.05) is 24.2 Å². The number of carbonyl (C=O) groups is 2. The molecule has 0 saturated carbocycles. The first-order chi connectivity index (χ1) is 20.8. The number of nitrogens with two attached hydrogens (primary N) is 1. The van der Waals surface area contributed by atoms with E-state index < -0.39 is 11.9 Å². The van der Waals surface area contributed by atoms with Gasteiger partial charge in [-0.2, -0.15) is 10.2 Å². The predicted octanol–water partition coefficient (Wildman–Crippen LogP) is 2.31. The molecule has 2 amide bonds. The standard InChI is InChI=1S/C31H25N9O3/c1-19-26(29-33-14-7-15-39(29)37-19)30(42)35-20(2)28-36-24-11-6-8-22(13-12-21-16-34-38(17-21)18-25(32)41)27(24)31(43)40(28)23-9-4-3-5-10-23/h3-11,14-17,20H,18H2,1-2H3,(H2,32,41)(H,35,42)/t20-/m0/s1. The number of aromatic nitrogens is 7. The highest BCUT2D eigenvalue weighted by Crippen LogP contribution is 2.21. The summed E-state index contributed by atoms with van der Waals surface area (Å²) in [4.78, 5) is 48.1. The topological polar surface area (TPSA) is 155 Å². The molecular weight excluding hydrogens is 546 g/mol. The molecule has 6 aromatic rings. The molecule has 0 saturated heterocycles. The summed E-state index contributed by atoms with van der Waals surface area (Å²) in [6.45, 7) is 3.45. The number of primary amides is 1. The fourth-order valence-corrected chi connectivity index (χ4v) is 4.88. The van der Waals surface area contributed by atoms with Crippen molar-refractivity contribution < 1.29 is 9.59 Å². The molecule has 0 unspecified atom stereocenters. The van der Waals surface area contributed by atoms with Gasteiger partial charge in [0.25, 0.3) is 11.5 Å². The Balaban J connectivity index is 1.44. The summed E-state index contributed by atoms with van der Waals surface area (Å²) < 4.78 is 4.44. The van der Waals surface area contributed by atoms with Crippen molar-refractivity contribution >= 4 is 28.4 Å². The number of amides is 2. The first-order valence-corrected chi connectivity index (χ1v) is 13.3. The van der Waals surface area contributed by atoms with Crippen molar-refractivity contribution in [2.75, 3.05) is 0 Å². The van der Waals surface area contributed by atoms with Crippen LogP contribution in [-0.2, 0) is 11.3 Å². The van der Waals surface area contributed by atoms with E-state index in [2.05, 4.69) is 32.3 Å². The highest BCUT2D eigenvalue weighted by Gasteiger charge is 2.24. The Bertz CT molecular complexity index is 2150. The number of nitrogens with zero attached hydrogens (tertiary/aromatic N) is 7. The zero-order chi connectivity index (χ0) is 30.1. The van der Waals surface area contributed by atoms with Crippen LogP contribution in [0.2, 0.25) is 0 Å². The lowest BCUT2D eigenvalue weighted by molar-refractivity contribution is -0.118. The van der Waals surface area contributed by atoms with Gasteiger partial charge in [-0.1, -0.05) is 36.1 Å². The number of para-hydroxylation sites is 1. The molecule has 6 rings (SSSR count). The lowest BCUT2D eigenvalue weighted by atomic mass is 10.1. The third kappa shape index (κ3) is 5.22. The molecule has 1 atom stereocenters. The summed E-state index contributed by atoms with van der Waals surface area (Å²) in [7, 11) is 0. The summed E-state index contributed by atoms with van der Waals surface area (Å²) in [5.41, 5.74) is 8.25. The lowest BCUT2D eigenvalue weighted by Gasteiger charge is -2.20. The Hall–Kier alpha value is -6.09. The van der Waals surface area contributed by atoms with Crippen LogP contribution in [0.25, 0.3) is 22.2 Å². The van der Waals surface area contributed by atoms with Crippen LogP contribution < -0.4 is 16.6 Å². The van der Waals surface area contributed by atoms with Crippen LogP contribution >= 0.6 is 0 Å². The normalized spacial score (nSPS) is 11.7. The van der Waals surface area contributed by atoms with Gasteiger partial charge in [-0.25, -0.2) is 14.5 Å². The van der Waals surface area contributed by atoms with Crippen LogP contribution in [0.4, 0.5) is 0 Å².